The van der Waals surface area contributed by atoms with Gasteiger partial charge in [0.05, 0.1) is 33.6 Å². The molecule has 0 N–H and O–H groups in total. The molecule has 0 saturated carbocycles. The van der Waals surface area contributed by atoms with Gasteiger partial charge in [-0.3, -0.25) is 4.79 Å². The number of hydrogen-bond acceptors (Lipinski definition) is 7. The van der Waals surface area contributed by atoms with Crippen LogP contribution in [0.2, 0.25) is 0 Å². The number of allylic oxidation sites excluding steroid dienone is 1. The van der Waals surface area contributed by atoms with E-state index in [2.05, 4.69) is 0 Å². The predicted octanol–water partition coefficient (Wildman–Crippen LogP) is 3.70. The summed E-state index contributed by atoms with van der Waals surface area (Å²) in [5, 5.41) is 0. The molecule has 0 unspecified atom stereocenters. The van der Waals surface area contributed by atoms with Crippen molar-refractivity contribution < 1.29 is 28.5 Å². The Bertz CT molecular complexity index is 1040. The zero-order chi connectivity index (χ0) is 24.1. The van der Waals surface area contributed by atoms with Gasteiger partial charge in [0, 0.05) is 32.4 Å². The van der Waals surface area contributed by atoms with E-state index in [1.54, 1.807) is 38.9 Å². The molecule has 3 rings (SSSR count). The molecule has 0 saturated heterocycles. The Morgan fingerprint density at radius 2 is 1.73 bits per heavy atom. The number of methoxy groups -OCH3 is 3. The van der Waals surface area contributed by atoms with Gasteiger partial charge in [0.1, 0.15) is 5.69 Å². The largest absolute Gasteiger partial charge is 0.493 e. The normalized spacial score (nSPS) is 14.5. The average molecular weight is 457 g/mol. The molecule has 2 aromatic rings. The predicted molar refractivity (Wildman–Crippen MR) is 125 cm³/mol. The molecule has 8 heteroatoms. The molecular weight excluding hydrogens is 424 g/mol. The highest BCUT2D eigenvalue weighted by atomic mass is 16.5. The summed E-state index contributed by atoms with van der Waals surface area (Å²) in [4.78, 5) is 28.3. The Kier molecular flexibility index (Phi) is 7.68. The van der Waals surface area contributed by atoms with Crippen molar-refractivity contribution in [1.29, 1.82) is 0 Å². The first-order valence-electron chi connectivity index (χ1n) is 10.9. The third-order valence-corrected chi connectivity index (χ3v) is 5.54. The lowest BCUT2D eigenvalue weighted by molar-refractivity contribution is 0.0514. The number of rotatable bonds is 8. The number of carbonyl (C=O) groups is 2. The fraction of sp³-hybridized carbons (Fsp3) is 0.440. The van der Waals surface area contributed by atoms with Gasteiger partial charge in [-0.05, 0) is 55.5 Å². The van der Waals surface area contributed by atoms with Crippen LogP contribution >= 0.6 is 0 Å². The van der Waals surface area contributed by atoms with Crippen molar-refractivity contribution in [2.75, 3.05) is 42.0 Å². The van der Waals surface area contributed by atoms with E-state index in [9.17, 15) is 9.59 Å². The van der Waals surface area contributed by atoms with Crippen molar-refractivity contribution >= 4 is 11.8 Å². The summed E-state index contributed by atoms with van der Waals surface area (Å²) in [6, 6.07) is 5.43. The second-order valence-corrected chi connectivity index (χ2v) is 8.04. The number of carbonyl (C=O) groups excluding carboxylic acids is 2. The standard InChI is InChI=1S/C25H32N2O6/c1-7-33-25(29)19-13-17-9-8-10-18(15-26(2)3)23(28)22(17)27(19)14-16-11-20(30-4)24(32-6)21(12-16)31-5/h11-13,15H,7-10,14H2,1-6H3. The van der Waals surface area contributed by atoms with Crippen LogP contribution in [0.15, 0.2) is 30.0 Å². The summed E-state index contributed by atoms with van der Waals surface area (Å²) in [6.07, 6.45) is 4.08. The molecule has 0 amide bonds. The van der Waals surface area contributed by atoms with Crippen LogP contribution in [0.25, 0.3) is 0 Å². The minimum Gasteiger partial charge on any atom is -0.493 e. The number of nitrogens with zero attached hydrogens (tertiary/aromatic N) is 2. The first-order chi connectivity index (χ1) is 15.8. The van der Waals surface area contributed by atoms with Crippen LogP contribution in [-0.2, 0) is 17.7 Å². The molecule has 0 fully saturated rings. The first-order valence-corrected chi connectivity index (χ1v) is 10.9. The van der Waals surface area contributed by atoms with Gasteiger partial charge in [-0.15, -0.1) is 0 Å². The number of ether oxygens (including phenoxy) is 4. The lowest BCUT2D eigenvalue weighted by Gasteiger charge is -2.17. The Balaban J connectivity index is 2.18. The molecular formula is C25H32N2O6. The van der Waals surface area contributed by atoms with Crippen molar-refractivity contribution in [3.05, 3.63) is 52.5 Å². The first kappa shape index (κ1) is 24.2. The fourth-order valence-electron chi connectivity index (χ4n) is 4.18. The summed E-state index contributed by atoms with van der Waals surface area (Å²) in [5.74, 6) is 0.959. The van der Waals surface area contributed by atoms with Crippen molar-refractivity contribution in [3.63, 3.8) is 0 Å². The Labute approximate surface area is 194 Å². The van der Waals surface area contributed by atoms with Crippen LogP contribution in [0.3, 0.4) is 0 Å². The maximum absolute atomic E-state index is 13.6. The zero-order valence-electron chi connectivity index (χ0n) is 20.2. The summed E-state index contributed by atoms with van der Waals surface area (Å²) < 4.78 is 23.4. The van der Waals surface area contributed by atoms with E-state index < -0.39 is 5.97 Å². The van der Waals surface area contributed by atoms with E-state index in [0.29, 0.717) is 41.5 Å². The molecule has 0 aliphatic heterocycles. The van der Waals surface area contributed by atoms with Gasteiger partial charge in [0.15, 0.2) is 11.5 Å². The van der Waals surface area contributed by atoms with Crippen LogP contribution in [0.4, 0.5) is 0 Å². The highest BCUT2D eigenvalue weighted by Crippen LogP contribution is 2.39. The smallest absolute Gasteiger partial charge is 0.354 e. The molecule has 1 aliphatic rings. The van der Waals surface area contributed by atoms with Crippen LogP contribution in [0, 0.1) is 0 Å². The molecule has 0 atom stereocenters. The van der Waals surface area contributed by atoms with Crippen LogP contribution in [0.1, 0.15) is 51.9 Å². The topological polar surface area (TPSA) is 79.2 Å². The molecule has 8 nitrogen and oxygen atoms in total. The summed E-state index contributed by atoms with van der Waals surface area (Å²) in [5.41, 5.74) is 3.26. The molecule has 1 aromatic carbocycles. The van der Waals surface area contributed by atoms with Gasteiger partial charge in [-0.25, -0.2) is 4.79 Å². The van der Waals surface area contributed by atoms with Crippen molar-refractivity contribution in [2.24, 2.45) is 0 Å². The van der Waals surface area contributed by atoms with E-state index >= 15 is 0 Å². The average Bonchev–Trinajstić information content (AvgIpc) is 3.07. The quantitative estimate of drug-likeness (QED) is 0.340. The van der Waals surface area contributed by atoms with Crippen molar-refractivity contribution in [3.8, 4) is 17.2 Å². The van der Waals surface area contributed by atoms with Crippen LogP contribution < -0.4 is 14.2 Å². The van der Waals surface area contributed by atoms with Gasteiger partial charge >= 0.3 is 5.97 Å². The lowest BCUT2D eigenvalue weighted by atomic mass is 10.1. The van der Waals surface area contributed by atoms with Gasteiger partial charge < -0.3 is 28.4 Å². The third-order valence-electron chi connectivity index (χ3n) is 5.54. The monoisotopic (exact) mass is 456 g/mol. The molecule has 0 bridgehead atoms. The van der Waals surface area contributed by atoms with E-state index in [4.69, 9.17) is 18.9 Å². The number of fused-ring (bicyclic) bond motifs is 1. The van der Waals surface area contributed by atoms with E-state index in [-0.39, 0.29) is 18.9 Å². The number of Topliss-reactive ketones (excluding diaryl/α,β-unsaturated/α-hetero) is 1. The zero-order valence-corrected chi connectivity index (χ0v) is 20.2. The van der Waals surface area contributed by atoms with Crippen LogP contribution in [-0.4, -0.2) is 63.3 Å². The van der Waals surface area contributed by atoms with Crippen LogP contribution in [0.5, 0.6) is 17.2 Å². The number of ketones is 1. The highest BCUT2D eigenvalue weighted by Gasteiger charge is 2.29. The summed E-state index contributed by atoms with van der Waals surface area (Å²) in [6.45, 7) is 2.28. The molecule has 33 heavy (non-hydrogen) atoms. The Morgan fingerprint density at radius 3 is 2.27 bits per heavy atom. The highest BCUT2D eigenvalue weighted by molar-refractivity contribution is 6.10. The number of aromatic nitrogens is 1. The fourth-order valence-corrected chi connectivity index (χ4v) is 4.18. The second-order valence-electron chi connectivity index (χ2n) is 8.04. The number of benzene rings is 1. The van der Waals surface area contributed by atoms with E-state index in [1.807, 2.05) is 37.3 Å². The van der Waals surface area contributed by atoms with Crippen molar-refractivity contribution in [2.45, 2.75) is 32.7 Å². The van der Waals surface area contributed by atoms with Gasteiger partial charge in [-0.2, -0.15) is 0 Å². The number of esters is 1. The third kappa shape index (κ3) is 4.99. The minimum atomic E-state index is -0.455. The Morgan fingerprint density at radius 1 is 1.06 bits per heavy atom. The minimum absolute atomic E-state index is 0.0702. The second kappa shape index (κ2) is 10.5. The molecule has 1 aliphatic carbocycles. The van der Waals surface area contributed by atoms with Gasteiger partial charge in [0.2, 0.25) is 11.5 Å². The molecule has 0 radical (unpaired) electrons. The summed E-state index contributed by atoms with van der Waals surface area (Å²) >= 11 is 0. The maximum atomic E-state index is 13.6. The molecule has 178 valence electrons. The van der Waals surface area contributed by atoms with E-state index in [1.165, 1.54) is 0 Å². The Hall–Kier alpha value is -3.42. The maximum Gasteiger partial charge on any atom is 0.354 e. The summed E-state index contributed by atoms with van der Waals surface area (Å²) in [7, 11) is 8.43. The number of aryl methyl sites for hydroxylation is 1. The van der Waals surface area contributed by atoms with E-state index in [0.717, 1.165) is 23.1 Å². The molecule has 1 heterocycles. The van der Waals surface area contributed by atoms with Crippen molar-refractivity contribution in [1.82, 2.24) is 9.47 Å². The molecule has 1 aromatic heterocycles. The molecule has 0 spiro atoms. The van der Waals surface area contributed by atoms with Gasteiger partial charge in [-0.1, -0.05) is 0 Å². The number of hydrogen-bond donors (Lipinski definition) is 0. The SMILES string of the molecule is CCOC(=O)c1cc2c(n1Cc1cc(OC)c(OC)c(OC)c1)C(=O)C(=CN(C)C)CCC2. The van der Waals surface area contributed by atoms with Gasteiger partial charge in [0.25, 0.3) is 0 Å². The lowest BCUT2D eigenvalue weighted by Crippen LogP contribution is -2.19.